The number of nitrogen functional groups attached to an aromatic ring is 1. The number of hydrogen-bond donors (Lipinski definition) is 1. The van der Waals surface area contributed by atoms with Crippen LogP contribution in [0.1, 0.15) is 41.1 Å². The van der Waals surface area contributed by atoms with E-state index in [1.165, 1.54) is 29.7 Å². The first kappa shape index (κ1) is 24.1. The molecule has 2 aliphatic rings. The molecule has 0 amide bonds. The molecule has 0 spiro atoms. The Morgan fingerprint density at radius 1 is 1.11 bits per heavy atom. The molecule has 6 rings (SSSR count). The maximum atomic E-state index is 6.32. The van der Waals surface area contributed by atoms with Crippen LogP contribution in [0.15, 0.2) is 24.4 Å². The summed E-state index contributed by atoms with van der Waals surface area (Å²) in [5, 5.41) is 0.539. The summed E-state index contributed by atoms with van der Waals surface area (Å²) in [6.07, 6.45) is 5.56. The molecule has 37 heavy (non-hydrogen) atoms. The molecule has 0 atom stereocenters. The average molecular weight is 516 g/mol. The van der Waals surface area contributed by atoms with Crippen molar-refractivity contribution >= 4 is 32.6 Å². The third-order valence-electron chi connectivity index (χ3n) is 7.10. The molecule has 4 heterocycles. The molecule has 8 nitrogen and oxygen atoms in total. The van der Waals surface area contributed by atoms with Gasteiger partial charge in [-0.2, -0.15) is 0 Å². The molecule has 1 fully saturated rings. The van der Waals surface area contributed by atoms with Crippen LogP contribution < -0.4 is 15.4 Å². The van der Waals surface area contributed by atoms with Gasteiger partial charge in [-0.05, 0) is 82.4 Å². The number of anilines is 2. The van der Waals surface area contributed by atoms with E-state index in [1.807, 2.05) is 6.20 Å². The van der Waals surface area contributed by atoms with E-state index in [0.29, 0.717) is 11.7 Å². The zero-order valence-corrected chi connectivity index (χ0v) is 22.7. The van der Waals surface area contributed by atoms with E-state index < -0.39 is 0 Å². The quantitative estimate of drug-likeness (QED) is 0.393. The largest absolute Gasteiger partial charge is 0.491 e. The highest BCUT2D eigenvalue weighted by Gasteiger charge is 2.28. The molecule has 4 aromatic rings. The Hall–Kier alpha value is -3.30. The van der Waals surface area contributed by atoms with Crippen LogP contribution in [0, 0.1) is 19.8 Å². The van der Waals surface area contributed by atoms with Gasteiger partial charge >= 0.3 is 0 Å². The van der Waals surface area contributed by atoms with E-state index in [9.17, 15) is 0 Å². The van der Waals surface area contributed by atoms with Crippen LogP contribution in [-0.4, -0.2) is 52.1 Å². The zero-order chi connectivity index (χ0) is 25.7. The second-order valence-electron chi connectivity index (χ2n) is 10.6. The van der Waals surface area contributed by atoms with Crippen LogP contribution >= 0.6 is 11.3 Å². The minimum absolute atomic E-state index is 0.539. The van der Waals surface area contributed by atoms with Crippen LogP contribution in [0.5, 0.6) is 5.75 Å². The average Bonchev–Trinajstić information content (AvgIpc) is 3.62. The van der Waals surface area contributed by atoms with E-state index in [4.69, 9.17) is 20.4 Å². The molecule has 0 saturated heterocycles. The highest BCUT2D eigenvalue weighted by Crippen LogP contribution is 2.38. The van der Waals surface area contributed by atoms with E-state index in [1.54, 1.807) is 0 Å². The van der Waals surface area contributed by atoms with Crippen molar-refractivity contribution in [2.75, 3.05) is 37.9 Å². The fourth-order valence-electron chi connectivity index (χ4n) is 5.16. The Kier molecular flexibility index (Phi) is 6.20. The third kappa shape index (κ3) is 4.98. The molecule has 1 aliphatic carbocycles. The minimum Gasteiger partial charge on any atom is -0.491 e. The fourth-order valence-corrected chi connectivity index (χ4v) is 5.82. The van der Waals surface area contributed by atoms with Gasteiger partial charge in [0.2, 0.25) is 0 Å². The Balaban J connectivity index is 1.39. The number of aryl methyl sites for hydroxylation is 2. The lowest BCUT2D eigenvalue weighted by atomic mass is 9.99. The van der Waals surface area contributed by atoms with Crippen LogP contribution in [0.4, 0.5) is 10.9 Å². The molecule has 1 saturated carbocycles. The molecule has 1 aromatic carbocycles. The lowest BCUT2D eigenvalue weighted by Crippen LogP contribution is -2.29. The summed E-state index contributed by atoms with van der Waals surface area (Å²) in [5.41, 5.74) is 13.5. The number of rotatable bonds is 6. The molecule has 1 aliphatic heterocycles. The summed E-state index contributed by atoms with van der Waals surface area (Å²) >= 11 is 1.41. The van der Waals surface area contributed by atoms with Gasteiger partial charge in [0.05, 0.1) is 13.1 Å². The molecule has 0 bridgehead atoms. The number of nitrogens with two attached hydrogens (primary N) is 1. The van der Waals surface area contributed by atoms with Gasteiger partial charge in [0, 0.05) is 35.1 Å². The summed E-state index contributed by atoms with van der Waals surface area (Å²) in [6.45, 7) is 7.11. The van der Waals surface area contributed by atoms with Crippen molar-refractivity contribution in [2.45, 2.75) is 46.2 Å². The second-order valence-corrected chi connectivity index (χ2v) is 11.6. The van der Waals surface area contributed by atoms with Crippen LogP contribution in [0.3, 0.4) is 0 Å². The number of hydrogen-bond acceptors (Lipinski definition) is 9. The summed E-state index contributed by atoms with van der Waals surface area (Å²) in [4.78, 5) is 24.4. The number of nitrogens with zero attached hydrogens (tertiary/aromatic N) is 6. The number of benzene rings is 1. The van der Waals surface area contributed by atoms with E-state index >= 15 is 0 Å². The monoisotopic (exact) mass is 515 g/mol. The number of ether oxygens (including phenoxy) is 1. The maximum Gasteiger partial charge on any atom is 0.182 e. The molecular weight excluding hydrogens is 482 g/mol. The SMILES string of the molecule is Cc1cc(-c2cnc3sc(N)nc3c2)cc2c1OCCN(c1nc(CN(C)C)nc(C)c1CC1CC1)C2. The van der Waals surface area contributed by atoms with Crippen LogP contribution in [0.25, 0.3) is 21.5 Å². The smallest absolute Gasteiger partial charge is 0.182 e. The van der Waals surface area contributed by atoms with E-state index in [0.717, 1.165) is 87.7 Å². The topological polar surface area (TPSA) is 93.3 Å². The molecule has 0 radical (unpaired) electrons. The van der Waals surface area contributed by atoms with Gasteiger partial charge in [-0.25, -0.2) is 19.9 Å². The van der Waals surface area contributed by atoms with Gasteiger partial charge in [-0.3, -0.25) is 0 Å². The van der Waals surface area contributed by atoms with Crippen molar-refractivity contribution in [3.8, 4) is 16.9 Å². The number of fused-ring (bicyclic) bond motifs is 2. The number of aromatic nitrogens is 4. The van der Waals surface area contributed by atoms with Crippen molar-refractivity contribution < 1.29 is 4.74 Å². The first-order valence-corrected chi connectivity index (χ1v) is 13.7. The molecule has 0 unspecified atom stereocenters. The number of pyridine rings is 1. The third-order valence-corrected chi connectivity index (χ3v) is 7.91. The van der Waals surface area contributed by atoms with Crippen molar-refractivity contribution in [2.24, 2.45) is 5.92 Å². The van der Waals surface area contributed by atoms with Gasteiger partial charge < -0.3 is 20.3 Å². The Morgan fingerprint density at radius 3 is 2.73 bits per heavy atom. The summed E-state index contributed by atoms with van der Waals surface area (Å²) in [7, 11) is 4.12. The molecular formula is C28H33N7OS. The standard InChI is InChI=1S/C28H33N7OS/c1-16-9-19(20-12-23-27(30-13-20)37-28(29)32-23)11-21-14-35(7-8-36-25(16)21)26-22(10-18-5-6-18)17(2)31-24(33-26)15-34(3)4/h9,11-13,18H,5-8,10,14-15H2,1-4H3,(H2,29,32). The van der Waals surface area contributed by atoms with Crippen LogP contribution in [-0.2, 0) is 19.5 Å². The van der Waals surface area contributed by atoms with Crippen molar-refractivity contribution in [1.82, 2.24) is 24.8 Å². The second kappa shape index (κ2) is 9.54. The zero-order valence-electron chi connectivity index (χ0n) is 21.9. The number of thiazole rings is 1. The predicted molar refractivity (Wildman–Crippen MR) is 149 cm³/mol. The van der Waals surface area contributed by atoms with Gasteiger partial charge in [0.15, 0.2) is 5.13 Å². The Morgan fingerprint density at radius 2 is 1.95 bits per heavy atom. The molecule has 3 aromatic heterocycles. The molecule has 9 heteroatoms. The van der Waals surface area contributed by atoms with Crippen molar-refractivity contribution in [1.29, 1.82) is 0 Å². The minimum atomic E-state index is 0.539. The Bertz CT molecular complexity index is 1480. The maximum absolute atomic E-state index is 6.32. The van der Waals surface area contributed by atoms with Crippen molar-refractivity contribution in [3.63, 3.8) is 0 Å². The normalized spacial score (nSPS) is 15.6. The lowest BCUT2D eigenvalue weighted by molar-refractivity contribution is 0.329. The van der Waals surface area contributed by atoms with Crippen molar-refractivity contribution in [3.05, 3.63) is 52.6 Å². The van der Waals surface area contributed by atoms with Gasteiger partial charge in [0.1, 0.15) is 34.3 Å². The highest BCUT2D eigenvalue weighted by atomic mass is 32.1. The molecule has 192 valence electrons. The van der Waals surface area contributed by atoms with Gasteiger partial charge in [-0.1, -0.05) is 11.3 Å². The Labute approximate surface area is 221 Å². The molecule has 2 N–H and O–H groups in total. The van der Waals surface area contributed by atoms with E-state index in [2.05, 4.69) is 65.9 Å². The fraction of sp³-hybridized carbons (Fsp3) is 0.429. The first-order valence-electron chi connectivity index (χ1n) is 12.9. The highest BCUT2D eigenvalue weighted by molar-refractivity contribution is 7.21. The summed E-state index contributed by atoms with van der Waals surface area (Å²) in [5.74, 6) is 3.67. The predicted octanol–water partition coefficient (Wildman–Crippen LogP) is 4.76. The van der Waals surface area contributed by atoms with E-state index in [-0.39, 0.29) is 0 Å². The summed E-state index contributed by atoms with van der Waals surface area (Å²) < 4.78 is 6.32. The lowest BCUT2D eigenvalue weighted by Gasteiger charge is -2.26. The van der Waals surface area contributed by atoms with Crippen LogP contribution in [0.2, 0.25) is 0 Å². The van der Waals surface area contributed by atoms with Gasteiger partial charge in [0.25, 0.3) is 0 Å². The first-order chi connectivity index (χ1) is 17.8. The summed E-state index contributed by atoms with van der Waals surface area (Å²) in [6, 6.07) is 6.48. The van der Waals surface area contributed by atoms with Gasteiger partial charge in [-0.15, -0.1) is 0 Å².